The molecule has 20 heavy (non-hydrogen) atoms. The zero-order valence-corrected chi connectivity index (χ0v) is 11.8. The van der Waals surface area contributed by atoms with Crippen LogP contribution in [0.1, 0.15) is 32.1 Å². The van der Waals surface area contributed by atoms with Gasteiger partial charge in [-0.25, -0.2) is 0 Å². The smallest absolute Gasteiger partial charge is 0.223 e. The molecule has 3 aliphatic carbocycles. The van der Waals surface area contributed by atoms with Gasteiger partial charge in [-0.1, -0.05) is 12.2 Å². The molecule has 4 nitrogen and oxygen atoms in total. The lowest BCUT2D eigenvalue weighted by Gasteiger charge is -2.39. The van der Waals surface area contributed by atoms with Crippen molar-refractivity contribution in [2.75, 3.05) is 13.2 Å². The van der Waals surface area contributed by atoms with Crippen molar-refractivity contribution in [2.24, 2.45) is 17.8 Å². The van der Waals surface area contributed by atoms with Crippen LogP contribution in [0.3, 0.4) is 0 Å². The molecule has 4 heteroatoms. The molecule has 0 spiro atoms. The van der Waals surface area contributed by atoms with Crippen LogP contribution in [0.15, 0.2) is 12.2 Å². The van der Waals surface area contributed by atoms with Crippen LogP contribution in [0, 0.1) is 17.8 Å². The van der Waals surface area contributed by atoms with E-state index in [9.17, 15) is 4.79 Å². The average molecular weight is 277 g/mol. The first-order chi connectivity index (χ1) is 9.79. The van der Waals surface area contributed by atoms with Crippen LogP contribution in [0.2, 0.25) is 0 Å². The largest absolute Gasteiger partial charge is 0.373 e. The highest BCUT2D eigenvalue weighted by Crippen LogP contribution is 2.43. The highest BCUT2D eigenvalue weighted by Gasteiger charge is 2.41. The zero-order valence-electron chi connectivity index (χ0n) is 11.8. The molecular weight excluding hydrogens is 254 g/mol. The summed E-state index contributed by atoms with van der Waals surface area (Å²) in [6.45, 7) is 1.41. The summed E-state index contributed by atoms with van der Waals surface area (Å²) in [5.41, 5.74) is 0. The molecule has 6 atom stereocenters. The van der Waals surface area contributed by atoms with Gasteiger partial charge in [0.15, 0.2) is 0 Å². The summed E-state index contributed by atoms with van der Waals surface area (Å²) in [7, 11) is 0. The summed E-state index contributed by atoms with van der Waals surface area (Å²) < 4.78 is 11.5. The fourth-order valence-electron chi connectivity index (χ4n) is 4.39. The lowest BCUT2D eigenvalue weighted by atomic mass is 9.88. The highest BCUT2D eigenvalue weighted by atomic mass is 16.6. The third-order valence-corrected chi connectivity index (χ3v) is 5.44. The Balaban J connectivity index is 1.33. The van der Waals surface area contributed by atoms with Crippen molar-refractivity contribution < 1.29 is 14.3 Å². The molecule has 0 aromatic heterocycles. The lowest BCUT2D eigenvalue weighted by Crippen LogP contribution is -2.50. The van der Waals surface area contributed by atoms with E-state index < -0.39 is 0 Å². The summed E-state index contributed by atoms with van der Waals surface area (Å²) >= 11 is 0. The predicted octanol–water partition coefficient (Wildman–Crippen LogP) is 1.65. The molecule has 1 amide bonds. The third kappa shape index (κ3) is 2.29. The molecule has 1 N–H and O–H groups in total. The second-order valence-corrected chi connectivity index (χ2v) is 6.72. The average Bonchev–Trinajstić information content (AvgIpc) is 3.10. The molecule has 2 bridgehead atoms. The Bertz CT molecular complexity index is 422. The molecule has 6 unspecified atom stereocenters. The van der Waals surface area contributed by atoms with Crippen LogP contribution in [-0.4, -0.2) is 37.4 Å². The predicted molar refractivity (Wildman–Crippen MR) is 74.1 cm³/mol. The Morgan fingerprint density at radius 3 is 2.60 bits per heavy atom. The molecule has 2 saturated carbocycles. The molecule has 1 heterocycles. The van der Waals surface area contributed by atoms with Crippen molar-refractivity contribution in [1.29, 1.82) is 0 Å². The lowest BCUT2D eigenvalue weighted by molar-refractivity contribution is -0.159. The topological polar surface area (TPSA) is 47.6 Å². The Morgan fingerprint density at radius 2 is 1.85 bits per heavy atom. The molecule has 1 saturated heterocycles. The summed E-state index contributed by atoms with van der Waals surface area (Å²) in [5.74, 6) is 1.63. The Hall–Kier alpha value is -0.870. The Kier molecular flexibility index (Phi) is 3.31. The van der Waals surface area contributed by atoms with Crippen molar-refractivity contribution in [2.45, 2.75) is 50.4 Å². The van der Waals surface area contributed by atoms with E-state index in [1.165, 1.54) is 6.42 Å². The molecule has 4 rings (SSSR count). The quantitative estimate of drug-likeness (QED) is 0.781. The number of allylic oxidation sites excluding steroid dienone is 2. The van der Waals surface area contributed by atoms with Gasteiger partial charge in [-0.3, -0.25) is 4.79 Å². The molecular formula is C16H23NO3. The monoisotopic (exact) mass is 277 g/mol. The molecule has 0 aromatic rings. The number of hydrogen-bond acceptors (Lipinski definition) is 3. The van der Waals surface area contributed by atoms with Gasteiger partial charge in [0.25, 0.3) is 0 Å². The maximum atomic E-state index is 12.4. The minimum absolute atomic E-state index is 0.183. The number of fused-ring (bicyclic) bond motifs is 3. The van der Waals surface area contributed by atoms with Crippen LogP contribution in [0.25, 0.3) is 0 Å². The van der Waals surface area contributed by atoms with Gasteiger partial charge in [-0.05, 0) is 43.9 Å². The van der Waals surface area contributed by atoms with E-state index in [0.29, 0.717) is 18.4 Å². The van der Waals surface area contributed by atoms with E-state index >= 15 is 0 Å². The number of hydrogen-bond donors (Lipinski definition) is 1. The van der Waals surface area contributed by atoms with Gasteiger partial charge in [-0.15, -0.1) is 0 Å². The zero-order chi connectivity index (χ0) is 13.5. The molecule has 4 aliphatic rings. The SMILES string of the molecule is O=C(NC1CCC2OCCOC2C1)C1CC2C=CC1C2. The standard InChI is InChI=1S/C16H23NO3/c18-16(13-8-10-1-2-11(13)7-10)17-12-3-4-14-15(9-12)20-6-5-19-14/h1-2,10-15H,3-9H2,(H,17,18). The first kappa shape index (κ1) is 12.8. The number of rotatable bonds is 2. The summed E-state index contributed by atoms with van der Waals surface area (Å²) in [5, 5.41) is 3.27. The van der Waals surface area contributed by atoms with Gasteiger partial charge in [-0.2, -0.15) is 0 Å². The number of amides is 1. The van der Waals surface area contributed by atoms with E-state index in [1.54, 1.807) is 0 Å². The maximum Gasteiger partial charge on any atom is 0.223 e. The van der Waals surface area contributed by atoms with E-state index in [2.05, 4.69) is 17.5 Å². The van der Waals surface area contributed by atoms with Crippen molar-refractivity contribution in [3.8, 4) is 0 Å². The van der Waals surface area contributed by atoms with Crippen LogP contribution < -0.4 is 5.32 Å². The van der Waals surface area contributed by atoms with E-state index in [4.69, 9.17) is 9.47 Å². The first-order valence-corrected chi connectivity index (χ1v) is 8.01. The molecule has 0 aromatic carbocycles. The van der Waals surface area contributed by atoms with Crippen LogP contribution in [-0.2, 0) is 14.3 Å². The van der Waals surface area contributed by atoms with Gasteiger partial charge in [0.1, 0.15) is 0 Å². The molecule has 3 fully saturated rings. The van der Waals surface area contributed by atoms with Crippen molar-refractivity contribution >= 4 is 5.91 Å². The summed E-state index contributed by atoms with van der Waals surface area (Å²) in [6, 6.07) is 0.272. The van der Waals surface area contributed by atoms with Crippen molar-refractivity contribution in [1.82, 2.24) is 5.32 Å². The fourth-order valence-corrected chi connectivity index (χ4v) is 4.39. The normalized spacial score (nSPS) is 46.2. The second kappa shape index (κ2) is 5.15. The number of nitrogens with one attached hydrogen (secondary N) is 1. The van der Waals surface area contributed by atoms with Crippen LogP contribution in [0.4, 0.5) is 0 Å². The van der Waals surface area contributed by atoms with E-state index in [-0.39, 0.29) is 30.1 Å². The van der Waals surface area contributed by atoms with Gasteiger partial charge < -0.3 is 14.8 Å². The third-order valence-electron chi connectivity index (χ3n) is 5.44. The highest BCUT2D eigenvalue weighted by molar-refractivity contribution is 5.80. The van der Waals surface area contributed by atoms with Crippen molar-refractivity contribution in [3.63, 3.8) is 0 Å². The minimum atomic E-state index is 0.183. The summed E-state index contributed by atoms with van der Waals surface area (Å²) in [6.07, 6.45) is 10.1. The molecule has 1 aliphatic heterocycles. The molecule has 0 radical (unpaired) electrons. The van der Waals surface area contributed by atoms with Gasteiger partial charge >= 0.3 is 0 Å². The number of carbonyl (C=O) groups is 1. The van der Waals surface area contributed by atoms with Crippen molar-refractivity contribution in [3.05, 3.63) is 12.2 Å². The van der Waals surface area contributed by atoms with Gasteiger partial charge in [0, 0.05) is 12.0 Å². The molecule has 110 valence electrons. The van der Waals surface area contributed by atoms with Gasteiger partial charge in [0.2, 0.25) is 5.91 Å². The minimum Gasteiger partial charge on any atom is -0.373 e. The fraction of sp³-hybridized carbons (Fsp3) is 0.812. The maximum absolute atomic E-state index is 12.4. The Labute approximate surface area is 119 Å². The van der Waals surface area contributed by atoms with Gasteiger partial charge in [0.05, 0.1) is 25.4 Å². The van der Waals surface area contributed by atoms with Crippen LogP contribution in [0.5, 0.6) is 0 Å². The van der Waals surface area contributed by atoms with E-state index in [0.717, 1.165) is 32.3 Å². The number of carbonyl (C=O) groups excluding carboxylic acids is 1. The Morgan fingerprint density at radius 1 is 1.00 bits per heavy atom. The van der Waals surface area contributed by atoms with E-state index in [1.807, 2.05) is 0 Å². The number of ether oxygens (including phenoxy) is 2. The summed E-state index contributed by atoms with van der Waals surface area (Å²) in [4.78, 5) is 12.4. The second-order valence-electron chi connectivity index (χ2n) is 6.72. The first-order valence-electron chi connectivity index (χ1n) is 8.01. The van der Waals surface area contributed by atoms with Crippen LogP contribution >= 0.6 is 0 Å².